The van der Waals surface area contributed by atoms with Gasteiger partial charge in [0.05, 0.1) is 12.2 Å². The van der Waals surface area contributed by atoms with Crippen LogP contribution in [0.15, 0.2) is 36.5 Å². The second kappa shape index (κ2) is 8.69. The quantitative estimate of drug-likeness (QED) is 0.588. The van der Waals surface area contributed by atoms with Crippen molar-refractivity contribution in [2.24, 2.45) is 11.7 Å². The minimum Gasteiger partial charge on any atom is -0.493 e. The number of benzene rings is 1. The van der Waals surface area contributed by atoms with Crippen molar-refractivity contribution in [1.82, 2.24) is 4.98 Å². The Morgan fingerprint density at radius 1 is 1.04 bits per heavy atom. The van der Waals surface area contributed by atoms with Gasteiger partial charge in [0.2, 0.25) is 0 Å². The molecule has 3 nitrogen and oxygen atoms in total. The molecule has 2 aromatic rings. The van der Waals surface area contributed by atoms with Gasteiger partial charge in [-0.1, -0.05) is 13.0 Å². The molecule has 0 saturated carbocycles. The predicted molar refractivity (Wildman–Crippen MR) is 97.1 cm³/mol. The van der Waals surface area contributed by atoms with E-state index in [2.05, 4.69) is 4.98 Å². The second-order valence-electron chi connectivity index (χ2n) is 7.43. The Balaban J connectivity index is 2.23. The van der Waals surface area contributed by atoms with Crippen LogP contribution in [-0.2, 0) is 0 Å². The van der Waals surface area contributed by atoms with Gasteiger partial charge in [-0.3, -0.25) is 4.98 Å². The van der Waals surface area contributed by atoms with Crippen LogP contribution in [0.1, 0.15) is 51.3 Å². The zero-order valence-electron chi connectivity index (χ0n) is 15.6. The predicted octanol–water partition coefficient (Wildman–Crippen LogP) is 5.77. The Bertz CT molecular complexity index is 760. The molecule has 1 heterocycles. The Morgan fingerprint density at radius 2 is 1.70 bits per heavy atom. The summed E-state index contributed by atoms with van der Waals surface area (Å²) >= 11 is 0. The average Bonchev–Trinajstić information content (AvgIpc) is 2.58. The fraction of sp³-hybridized carbons (Fsp3) is 0.450. The normalized spacial score (nSPS) is 13.3. The molecule has 2 N–H and O–H groups in total. The number of ether oxygens (including phenoxy) is 1. The van der Waals surface area contributed by atoms with E-state index in [0.29, 0.717) is 17.5 Å². The van der Waals surface area contributed by atoms with Crippen molar-refractivity contribution >= 4 is 0 Å². The highest BCUT2D eigenvalue weighted by Gasteiger charge is 2.19. The van der Waals surface area contributed by atoms with E-state index < -0.39 is 18.5 Å². The number of aromatic nitrogens is 1. The van der Waals surface area contributed by atoms with Crippen LogP contribution in [0.2, 0.25) is 0 Å². The van der Waals surface area contributed by atoms with Gasteiger partial charge in [-0.25, -0.2) is 17.6 Å². The highest BCUT2D eigenvalue weighted by molar-refractivity contribution is 5.66. The first-order valence-corrected chi connectivity index (χ1v) is 8.65. The molecule has 7 heteroatoms. The summed E-state index contributed by atoms with van der Waals surface area (Å²) in [5, 5.41) is 0. The van der Waals surface area contributed by atoms with E-state index >= 15 is 0 Å². The maximum atomic E-state index is 13.5. The van der Waals surface area contributed by atoms with Gasteiger partial charge in [0.15, 0.2) is 0 Å². The van der Waals surface area contributed by atoms with Crippen LogP contribution in [0.4, 0.5) is 17.6 Å². The molecule has 1 aromatic carbocycles. The smallest absolute Gasteiger partial charge is 0.280 e. The third kappa shape index (κ3) is 6.20. The van der Waals surface area contributed by atoms with Crippen molar-refractivity contribution in [2.75, 3.05) is 6.61 Å². The molecule has 0 spiro atoms. The summed E-state index contributed by atoms with van der Waals surface area (Å²) in [4.78, 5) is 3.58. The summed E-state index contributed by atoms with van der Waals surface area (Å²) < 4.78 is 58.2. The number of nitrogens with two attached hydrogens (primary N) is 1. The SMILES string of the molecule is CC(COc1ccc(-c2ccnc(C(F)F)c2)cc1C(F)F)CC(C)(C)N. The van der Waals surface area contributed by atoms with E-state index in [4.69, 9.17) is 10.5 Å². The molecule has 0 amide bonds. The van der Waals surface area contributed by atoms with Crippen molar-refractivity contribution in [3.05, 3.63) is 47.8 Å². The van der Waals surface area contributed by atoms with Crippen LogP contribution in [0.3, 0.4) is 0 Å². The lowest BCUT2D eigenvalue weighted by Crippen LogP contribution is -2.35. The monoisotopic (exact) mass is 384 g/mol. The van der Waals surface area contributed by atoms with E-state index in [-0.39, 0.29) is 29.4 Å². The van der Waals surface area contributed by atoms with Gasteiger partial charge in [-0.05, 0) is 61.6 Å². The molecular weight excluding hydrogens is 360 g/mol. The highest BCUT2D eigenvalue weighted by Crippen LogP contribution is 2.34. The van der Waals surface area contributed by atoms with Crippen LogP contribution in [0.25, 0.3) is 11.1 Å². The molecule has 0 saturated heterocycles. The number of nitrogens with zero attached hydrogens (tertiary/aromatic N) is 1. The average molecular weight is 384 g/mol. The van der Waals surface area contributed by atoms with E-state index in [1.54, 1.807) is 6.07 Å². The maximum absolute atomic E-state index is 13.5. The molecule has 1 aromatic heterocycles. The molecule has 1 atom stereocenters. The van der Waals surface area contributed by atoms with Crippen molar-refractivity contribution in [2.45, 2.75) is 45.6 Å². The van der Waals surface area contributed by atoms with Gasteiger partial charge in [0.25, 0.3) is 12.9 Å². The zero-order valence-corrected chi connectivity index (χ0v) is 15.6. The van der Waals surface area contributed by atoms with Crippen LogP contribution in [-0.4, -0.2) is 17.1 Å². The summed E-state index contributed by atoms with van der Waals surface area (Å²) in [6, 6.07) is 6.98. The lowest BCUT2D eigenvalue weighted by Gasteiger charge is -2.24. The van der Waals surface area contributed by atoms with Gasteiger partial charge in [-0.15, -0.1) is 0 Å². The summed E-state index contributed by atoms with van der Waals surface area (Å²) in [5.74, 6) is 0.169. The molecule has 0 fully saturated rings. The van der Waals surface area contributed by atoms with Gasteiger partial charge < -0.3 is 10.5 Å². The summed E-state index contributed by atoms with van der Waals surface area (Å²) in [6.07, 6.45) is -3.56. The standard InChI is InChI=1S/C20H24F4N2O/c1-12(10-20(2,3)25)11-27-17-5-4-13(8-15(17)18(21)22)14-6-7-26-16(9-14)19(23)24/h4-9,12,18-19H,10-11,25H2,1-3H3. The van der Waals surface area contributed by atoms with Crippen molar-refractivity contribution in [1.29, 1.82) is 0 Å². The number of hydrogen-bond donors (Lipinski definition) is 1. The lowest BCUT2D eigenvalue weighted by atomic mass is 9.93. The van der Waals surface area contributed by atoms with Gasteiger partial charge >= 0.3 is 0 Å². The van der Waals surface area contributed by atoms with Crippen LogP contribution < -0.4 is 10.5 Å². The number of alkyl halides is 4. The van der Waals surface area contributed by atoms with Crippen LogP contribution >= 0.6 is 0 Å². The Morgan fingerprint density at radius 3 is 2.30 bits per heavy atom. The number of halogens is 4. The van der Waals surface area contributed by atoms with Crippen LogP contribution in [0.5, 0.6) is 5.75 Å². The molecular formula is C20H24F4N2O. The Hall–Kier alpha value is -2.15. The third-order valence-corrected chi connectivity index (χ3v) is 3.98. The van der Waals surface area contributed by atoms with E-state index in [9.17, 15) is 17.6 Å². The molecule has 27 heavy (non-hydrogen) atoms. The molecule has 0 bridgehead atoms. The second-order valence-corrected chi connectivity index (χ2v) is 7.43. The topological polar surface area (TPSA) is 48.1 Å². The van der Waals surface area contributed by atoms with Crippen molar-refractivity contribution in [3.8, 4) is 16.9 Å². The first kappa shape index (κ1) is 21.2. The zero-order chi connectivity index (χ0) is 20.2. The molecule has 0 aliphatic rings. The van der Waals surface area contributed by atoms with E-state index in [0.717, 1.165) is 0 Å². The van der Waals surface area contributed by atoms with Gasteiger partial charge in [0.1, 0.15) is 11.4 Å². The Kier molecular flexibility index (Phi) is 6.81. The van der Waals surface area contributed by atoms with E-state index in [1.807, 2.05) is 20.8 Å². The molecule has 0 aliphatic carbocycles. The van der Waals surface area contributed by atoms with Crippen molar-refractivity contribution in [3.63, 3.8) is 0 Å². The summed E-state index contributed by atoms with van der Waals surface area (Å²) in [6.45, 7) is 5.98. The fourth-order valence-corrected chi connectivity index (χ4v) is 2.97. The van der Waals surface area contributed by atoms with Crippen LogP contribution in [0, 0.1) is 5.92 Å². The van der Waals surface area contributed by atoms with Gasteiger partial charge in [0, 0.05) is 11.7 Å². The van der Waals surface area contributed by atoms with Gasteiger partial charge in [-0.2, -0.15) is 0 Å². The van der Waals surface area contributed by atoms with E-state index in [1.165, 1.54) is 30.5 Å². The first-order chi connectivity index (χ1) is 12.6. The fourth-order valence-electron chi connectivity index (χ4n) is 2.97. The van der Waals surface area contributed by atoms with Crippen molar-refractivity contribution < 1.29 is 22.3 Å². The number of hydrogen-bond acceptors (Lipinski definition) is 3. The largest absolute Gasteiger partial charge is 0.493 e. The summed E-state index contributed by atoms with van der Waals surface area (Å²) in [7, 11) is 0. The Labute approximate surface area is 156 Å². The molecule has 1 unspecified atom stereocenters. The number of rotatable bonds is 8. The lowest BCUT2D eigenvalue weighted by molar-refractivity contribution is 0.142. The molecule has 0 aliphatic heterocycles. The first-order valence-electron chi connectivity index (χ1n) is 8.65. The summed E-state index contributed by atoms with van der Waals surface area (Å²) in [5.41, 5.74) is 5.72. The third-order valence-electron chi connectivity index (χ3n) is 3.98. The number of pyridine rings is 1. The molecule has 0 radical (unpaired) electrons. The molecule has 2 rings (SSSR count). The minimum absolute atomic E-state index is 0.0820. The highest BCUT2D eigenvalue weighted by atomic mass is 19.3. The maximum Gasteiger partial charge on any atom is 0.280 e. The minimum atomic E-state index is -2.75. The molecule has 148 valence electrons.